The van der Waals surface area contributed by atoms with Crippen LogP contribution in [0.25, 0.3) is 0 Å². The van der Waals surface area contributed by atoms with Gasteiger partial charge in [-0.05, 0) is 63.9 Å². The molecule has 1 fully saturated rings. The normalized spacial score (nSPS) is 20.3. The summed E-state index contributed by atoms with van der Waals surface area (Å²) in [7, 11) is 0. The summed E-state index contributed by atoms with van der Waals surface area (Å²) in [5.41, 5.74) is 0. The van der Waals surface area contributed by atoms with Gasteiger partial charge in [-0.2, -0.15) is 0 Å². The molecule has 18 heavy (non-hydrogen) atoms. The van der Waals surface area contributed by atoms with E-state index in [9.17, 15) is 4.79 Å². The number of hydrogen-bond donors (Lipinski definition) is 1. The first kappa shape index (κ1) is 14.5. The molecule has 0 radical (unpaired) electrons. The van der Waals surface area contributed by atoms with E-state index in [1.54, 1.807) is 0 Å². The third-order valence-electron chi connectivity index (χ3n) is 3.27. The number of carbonyl (C=O) groups is 1. The maximum Gasteiger partial charge on any atom is 0.261 e. The zero-order valence-electron chi connectivity index (χ0n) is 10.2. The van der Waals surface area contributed by atoms with E-state index in [4.69, 9.17) is 0 Å². The SMILES string of the molecule is CCN1CCCC1CNC(=O)c1cc(Br)c(Br)s1. The Bertz CT molecular complexity index is 416. The highest BCUT2D eigenvalue weighted by Gasteiger charge is 2.23. The first-order valence-electron chi connectivity index (χ1n) is 6.09. The second kappa shape index (κ2) is 6.50. The Kier molecular flexibility index (Phi) is 5.24. The van der Waals surface area contributed by atoms with Crippen molar-refractivity contribution in [1.29, 1.82) is 0 Å². The van der Waals surface area contributed by atoms with Crippen molar-refractivity contribution in [3.8, 4) is 0 Å². The van der Waals surface area contributed by atoms with Crippen molar-refractivity contribution >= 4 is 49.1 Å². The van der Waals surface area contributed by atoms with Crippen molar-refractivity contribution in [2.45, 2.75) is 25.8 Å². The van der Waals surface area contributed by atoms with Gasteiger partial charge >= 0.3 is 0 Å². The minimum absolute atomic E-state index is 0.0225. The molecule has 6 heteroatoms. The van der Waals surface area contributed by atoms with Crippen LogP contribution < -0.4 is 5.32 Å². The van der Waals surface area contributed by atoms with Gasteiger partial charge in [0, 0.05) is 17.1 Å². The van der Waals surface area contributed by atoms with Gasteiger partial charge in [0.2, 0.25) is 0 Å². The maximum absolute atomic E-state index is 12.0. The lowest BCUT2D eigenvalue weighted by Gasteiger charge is -2.22. The third kappa shape index (κ3) is 3.35. The van der Waals surface area contributed by atoms with Crippen molar-refractivity contribution in [3.63, 3.8) is 0 Å². The average Bonchev–Trinajstić information content (AvgIpc) is 2.93. The Morgan fingerprint density at radius 1 is 1.61 bits per heavy atom. The molecule has 0 spiro atoms. The standard InChI is InChI=1S/C12H16Br2N2OS/c1-2-16-5-3-4-8(16)7-15-12(17)10-6-9(13)11(14)18-10/h6,8H,2-5,7H2,1H3,(H,15,17). The van der Waals surface area contributed by atoms with Gasteiger partial charge in [0.1, 0.15) is 0 Å². The van der Waals surface area contributed by atoms with Crippen LogP contribution in [-0.2, 0) is 0 Å². The summed E-state index contributed by atoms with van der Waals surface area (Å²) >= 11 is 8.26. The Morgan fingerprint density at radius 2 is 2.39 bits per heavy atom. The topological polar surface area (TPSA) is 32.3 Å². The molecule has 1 saturated heterocycles. The summed E-state index contributed by atoms with van der Waals surface area (Å²) in [5.74, 6) is 0.0225. The monoisotopic (exact) mass is 394 g/mol. The fourth-order valence-electron chi connectivity index (χ4n) is 2.30. The lowest BCUT2D eigenvalue weighted by molar-refractivity contribution is 0.0945. The lowest BCUT2D eigenvalue weighted by Crippen LogP contribution is -2.39. The number of hydrogen-bond acceptors (Lipinski definition) is 3. The highest BCUT2D eigenvalue weighted by molar-refractivity contribution is 9.13. The summed E-state index contributed by atoms with van der Waals surface area (Å²) in [6, 6.07) is 2.36. The first-order chi connectivity index (χ1) is 8.61. The van der Waals surface area contributed by atoms with Gasteiger partial charge in [0.05, 0.1) is 8.66 Å². The molecule has 0 saturated carbocycles. The van der Waals surface area contributed by atoms with E-state index < -0.39 is 0 Å². The quantitative estimate of drug-likeness (QED) is 0.846. The molecule has 0 bridgehead atoms. The van der Waals surface area contributed by atoms with Crippen LogP contribution in [0.2, 0.25) is 0 Å². The zero-order valence-corrected chi connectivity index (χ0v) is 14.2. The molecular formula is C12H16Br2N2OS. The fourth-order valence-corrected chi connectivity index (χ4v) is 4.25. The van der Waals surface area contributed by atoms with E-state index in [0.717, 1.165) is 32.8 Å². The predicted molar refractivity (Wildman–Crippen MR) is 82.3 cm³/mol. The minimum Gasteiger partial charge on any atom is -0.350 e. The van der Waals surface area contributed by atoms with Crippen molar-refractivity contribution in [1.82, 2.24) is 10.2 Å². The lowest BCUT2D eigenvalue weighted by atomic mass is 10.2. The number of carbonyl (C=O) groups excluding carboxylic acids is 1. The molecule has 2 heterocycles. The first-order valence-corrected chi connectivity index (χ1v) is 8.49. The van der Waals surface area contributed by atoms with Crippen LogP contribution in [-0.4, -0.2) is 36.5 Å². The molecule has 100 valence electrons. The molecule has 1 aromatic rings. The summed E-state index contributed by atoms with van der Waals surface area (Å²) in [4.78, 5) is 15.2. The minimum atomic E-state index is 0.0225. The van der Waals surface area contributed by atoms with E-state index in [-0.39, 0.29) is 5.91 Å². The van der Waals surface area contributed by atoms with Crippen molar-refractivity contribution in [2.75, 3.05) is 19.6 Å². The average molecular weight is 396 g/mol. The number of nitrogens with zero attached hydrogens (tertiary/aromatic N) is 1. The summed E-state index contributed by atoms with van der Waals surface area (Å²) in [6.07, 6.45) is 2.43. The van der Waals surface area contributed by atoms with Crippen LogP contribution in [0, 0.1) is 0 Å². The summed E-state index contributed by atoms with van der Waals surface area (Å²) in [6.45, 7) is 5.15. The number of likely N-dealkylation sites (N-methyl/N-ethyl adjacent to an activating group) is 1. The Hall–Kier alpha value is 0.0900. The maximum atomic E-state index is 12.0. The molecule has 1 N–H and O–H groups in total. The van der Waals surface area contributed by atoms with Crippen LogP contribution in [0.5, 0.6) is 0 Å². The number of rotatable bonds is 4. The molecule has 1 amide bonds. The van der Waals surface area contributed by atoms with Crippen molar-refractivity contribution in [2.24, 2.45) is 0 Å². The molecule has 0 aliphatic carbocycles. The third-order valence-corrected chi connectivity index (χ3v) is 6.53. The van der Waals surface area contributed by atoms with Gasteiger partial charge in [-0.25, -0.2) is 0 Å². The number of halogens is 2. The summed E-state index contributed by atoms with van der Waals surface area (Å²) < 4.78 is 1.90. The Balaban J connectivity index is 1.88. The number of likely N-dealkylation sites (tertiary alicyclic amines) is 1. The van der Waals surface area contributed by atoms with E-state index >= 15 is 0 Å². The van der Waals surface area contributed by atoms with Gasteiger partial charge in [-0.15, -0.1) is 11.3 Å². The predicted octanol–water partition coefficient (Wildman–Crippen LogP) is 3.49. The number of thiophene rings is 1. The second-order valence-corrected chi connectivity index (χ2v) is 7.59. The molecule has 1 aromatic heterocycles. The van der Waals surface area contributed by atoms with Gasteiger partial charge in [0.25, 0.3) is 5.91 Å². The van der Waals surface area contributed by atoms with E-state index in [0.29, 0.717) is 6.04 Å². The van der Waals surface area contributed by atoms with Crippen molar-refractivity contribution < 1.29 is 4.79 Å². The van der Waals surface area contributed by atoms with Crippen LogP contribution in [0.1, 0.15) is 29.4 Å². The fraction of sp³-hybridized carbons (Fsp3) is 0.583. The highest BCUT2D eigenvalue weighted by Crippen LogP contribution is 2.32. The molecule has 2 rings (SSSR count). The van der Waals surface area contributed by atoms with E-state index in [1.165, 1.54) is 24.2 Å². The molecule has 1 atom stereocenters. The van der Waals surface area contributed by atoms with E-state index in [2.05, 4.69) is 49.0 Å². The van der Waals surface area contributed by atoms with Gasteiger partial charge < -0.3 is 5.32 Å². The zero-order chi connectivity index (χ0) is 13.1. The van der Waals surface area contributed by atoms with Crippen molar-refractivity contribution in [3.05, 3.63) is 19.2 Å². The van der Waals surface area contributed by atoms with Gasteiger partial charge in [-0.1, -0.05) is 6.92 Å². The Labute approximate surface area is 128 Å². The summed E-state index contributed by atoms with van der Waals surface area (Å²) in [5, 5.41) is 3.03. The second-order valence-electron chi connectivity index (χ2n) is 4.37. The highest BCUT2D eigenvalue weighted by atomic mass is 79.9. The van der Waals surface area contributed by atoms with Crippen LogP contribution in [0.4, 0.5) is 0 Å². The van der Waals surface area contributed by atoms with Crippen LogP contribution in [0.15, 0.2) is 14.3 Å². The van der Waals surface area contributed by atoms with Gasteiger partial charge in [-0.3, -0.25) is 9.69 Å². The van der Waals surface area contributed by atoms with Crippen LogP contribution in [0.3, 0.4) is 0 Å². The Morgan fingerprint density at radius 3 is 3.00 bits per heavy atom. The molecule has 3 nitrogen and oxygen atoms in total. The number of nitrogens with one attached hydrogen (secondary N) is 1. The molecular weight excluding hydrogens is 380 g/mol. The van der Waals surface area contributed by atoms with E-state index in [1.807, 2.05) is 6.07 Å². The molecule has 1 aliphatic heterocycles. The molecule has 1 aliphatic rings. The van der Waals surface area contributed by atoms with Crippen LogP contribution >= 0.6 is 43.2 Å². The number of amides is 1. The molecule has 0 aromatic carbocycles. The smallest absolute Gasteiger partial charge is 0.261 e. The molecule has 1 unspecified atom stereocenters. The van der Waals surface area contributed by atoms with Gasteiger partial charge in [0.15, 0.2) is 0 Å². The largest absolute Gasteiger partial charge is 0.350 e.